The second-order valence-electron chi connectivity index (χ2n) is 9.97. The molecule has 1 fully saturated rings. The Balaban J connectivity index is 1.42. The van der Waals surface area contributed by atoms with Crippen molar-refractivity contribution < 1.29 is 9.53 Å². The molecule has 36 heavy (non-hydrogen) atoms. The van der Waals surface area contributed by atoms with Gasteiger partial charge in [-0.1, -0.05) is 24.3 Å². The van der Waals surface area contributed by atoms with E-state index in [1.54, 1.807) is 7.11 Å². The molecule has 7 heteroatoms. The molecule has 2 heterocycles. The number of nitrogens with two attached hydrogens (primary N) is 1. The van der Waals surface area contributed by atoms with Crippen LogP contribution in [0.5, 0.6) is 5.75 Å². The van der Waals surface area contributed by atoms with Gasteiger partial charge in [0.15, 0.2) is 0 Å². The average molecular weight is 486 g/mol. The zero-order valence-corrected chi connectivity index (χ0v) is 21.4. The molecule has 7 nitrogen and oxygen atoms in total. The Kier molecular flexibility index (Phi) is 6.96. The van der Waals surface area contributed by atoms with Gasteiger partial charge >= 0.3 is 0 Å². The van der Waals surface area contributed by atoms with Crippen LogP contribution in [0.4, 0.5) is 0 Å². The van der Waals surface area contributed by atoms with E-state index >= 15 is 0 Å². The fraction of sp³-hybridized carbons (Fsp3) is 0.345. The Bertz CT molecular complexity index is 1390. The SMILES string of the molecule is COc1cccc(-c2cc(C(N)=O)c3[nH]c4cc(CN5CCN(CCN(C)C)CC5)ccc4c3c2)c1. The summed E-state index contributed by atoms with van der Waals surface area (Å²) in [5, 5.41) is 2.09. The predicted octanol–water partition coefficient (Wildman–Crippen LogP) is 3.77. The second-order valence-corrected chi connectivity index (χ2v) is 9.97. The number of aromatic nitrogens is 1. The van der Waals surface area contributed by atoms with Gasteiger partial charge in [0, 0.05) is 62.1 Å². The first kappa shape index (κ1) is 24.3. The highest BCUT2D eigenvalue weighted by Gasteiger charge is 2.18. The Morgan fingerprint density at radius 3 is 2.47 bits per heavy atom. The van der Waals surface area contributed by atoms with Gasteiger partial charge in [0.05, 0.1) is 18.2 Å². The Hall–Kier alpha value is -3.39. The first-order chi connectivity index (χ1) is 17.4. The number of hydrogen-bond acceptors (Lipinski definition) is 5. The third-order valence-corrected chi connectivity index (χ3v) is 7.18. The number of ether oxygens (including phenoxy) is 1. The van der Waals surface area contributed by atoms with Crippen molar-refractivity contribution in [3.05, 3.63) is 65.7 Å². The molecule has 0 radical (unpaired) electrons. The number of piperazine rings is 1. The lowest BCUT2D eigenvalue weighted by atomic mass is 9.98. The van der Waals surface area contributed by atoms with Crippen molar-refractivity contribution in [1.82, 2.24) is 19.7 Å². The lowest BCUT2D eigenvalue weighted by molar-refractivity contribution is 0.100. The first-order valence-electron chi connectivity index (χ1n) is 12.5. The summed E-state index contributed by atoms with van der Waals surface area (Å²) in [4.78, 5) is 23.2. The monoisotopic (exact) mass is 485 g/mol. The molecule has 0 unspecified atom stereocenters. The molecule has 1 aromatic heterocycles. The van der Waals surface area contributed by atoms with Crippen LogP contribution in [0.25, 0.3) is 32.9 Å². The van der Waals surface area contributed by atoms with Gasteiger partial charge in [0.2, 0.25) is 0 Å². The van der Waals surface area contributed by atoms with Gasteiger partial charge in [-0.25, -0.2) is 0 Å². The summed E-state index contributed by atoms with van der Waals surface area (Å²) in [6, 6.07) is 18.4. The lowest BCUT2D eigenvalue weighted by Gasteiger charge is -2.35. The normalized spacial score (nSPS) is 15.2. The molecule has 0 saturated carbocycles. The van der Waals surface area contributed by atoms with Gasteiger partial charge in [-0.15, -0.1) is 0 Å². The molecule has 3 N–H and O–H groups in total. The number of hydrogen-bond donors (Lipinski definition) is 2. The van der Waals surface area contributed by atoms with E-state index in [-0.39, 0.29) is 0 Å². The molecule has 1 aliphatic heterocycles. The highest BCUT2D eigenvalue weighted by molar-refractivity contribution is 6.16. The number of carbonyl (C=O) groups is 1. The molecule has 188 valence electrons. The third kappa shape index (κ3) is 5.09. The van der Waals surface area contributed by atoms with Crippen LogP contribution in [0.3, 0.4) is 0 Å². The smallest absolute Gasteiger partial charge is 0.250 e. The fourth-order valence-corrected chi connectivity index (χ4v) is 5.09. The molecule has 0 bridgehead atoms. The summed E-state index contributed by atoms with van der Waals surface area (Å²) >= 11 is 0. The van der Waals surface area contributed by atoms with E-state index in [2.05, 4.69) is 58.0 Å². The van der Waals surface area contributed by atoms with Crippen LogP contribution < -0.4 is 10.5 Å². The van der Waals surface area contributed by atoms with Crippen LogP contribution in [-0.2, 0) is 6.54 Å². The predicted molar refractivity (Wildman–Crippen MR) is 147 cm³/mol. The van der Waals surface area contributed by atoms with Crippen molar-refractivity contribution >= 4 is 27.7 Å². The maximum Gasteiger partial charge on any atom is 0.250 e. The summed E-state index contributed by atoms with van der Waals surface area (Å²) in [6.45, 7) is 7.52. The number of methoxy groups -OCH3 is 1. The van der Waals surface area contributed by atoms with Crippen LogP contribution in [0.2, 0.25) is 0 Å². The number of carbonyl (C=O) groups excluding carboxylic acids is 1. The lowest BCUT2D eigenvalue weighted by Crippen LogP contribution is -2.47. The van der Waals surface area contributed by atoms with Crippen LogP contribution in [0, 0.1) is 0 Å². The van der Waals surface area contributed by atoms with Gasteiger partial charge in [-0.2, -0.15) is 0 Å². The molecule has 4 aromatic rings. The Morgan fingerprint density at radius 1 is 0.972 bits per heavy atom. The van der Waals surface area contributed by atoms with Gasteiger partial charge < -0.3 is 20.4 Å². The van der Waals surface area contributed by atoms with Gasteiger partial charge in [0.25, 0.3) is 5.91 Å². The van der Waals surface area contributed by atoms with E-state index in [9.17, 15) is 4.79 Å². The van der Waals surface area contributed by atoms with E-state index in [1.807, 2.05) is 30.3 Å². The molecule has 1 saturated heterocycles. The highest BCUT2D eigenvalue weighted by atomic mass is 16.5. The van der Waals surface area contributed by atoms with Crippen LogP contribution in [0.15, 0.2) is 54.6 Å². The number of primary amides is 1. The minimum absolute atomic E-state index is 0.441. The molecule has 3 aromatic carbocycles. The molecule has 0 atom stereocenters. The van der Waals surface area contributed by atoms with E-state index in [0.29, 0.717) is 5.56 Å². The van der Waals surface area contributed by atoms with Crippen molar-refractivity contribution in [2.75, 3.05) is 60.5 Å². The number of nitrogens with one attached hydrogen (secondary N) is 1. The number of likely N-dealkylation sites (N-methyl/N-ethyl adjacent to an activating group) is 1. The maximum atomic E-state index is 12.4. The van der Waals surface area contributed by atoms with Crippen LogP contribution in [-0.4, -0.2) is 86.1 Å². The molecular weight excluding hydrogens is 450 g/mol. The van der Waals surface area contributed by atoms with Crippen molar-refractivity contribution in [3.8, 4) is 16.9 Å². The molecule has 5 rings (SSSR count). The highest BCUT2D eigenvalue weighted by Crippen LogP contribution is 2.34. The molecule has 1 aliphatic rings. The standard InChI is InChI=1S/C29H35N5O2/c1-32(2)9-10-33-11-13-34(14-12-33)19-20-7-8-24-25-17-22(21-5-4-6-23(16-21)36-3)18-26(29(30)35)28(25)31-27(24)15-20/h4-8,15-18,31H,9-14,19H2,1-3H3,(H2,30,35). The topological polar surface area (TPSA) is 77.8 Å². The minimum Gasteiger partial charge on any atom is -0.497 e. The summed E-state index contributed by atoms with van der Waals surface area (Å²) < 4.78 is 5.39. The first-order valence-corrected chi connectivity index (χ1v) is 12.5. The number of benzene rings is 3. The number of aromatic amines is 1. The van der Waals surface area contributed by atoms with Crippen molar-refractivity contribution in [2.45, 2.75) is 6.54 Å². The summed E-state index contributed by atoms with van der Waals surface area (Å²) in [5.41, 5.74) is 11.3. The molecular formula is C29H35N5O2. The van der Waals surface area contributed by atoms with Gasteiger partial charge in [0.1, 0.15) is 5.75 Å². The van der Waals surface area contributed by atoms with Crippen LogP contribution in [0.1, 0.15) is 15.9 Å². The maximum absolute atomic E-state index is 12.4. The van der Waals surface area contributed by atoms with E-state index in [0.717, 1.165) is 84.5 Å². The third-order valence-electron chi connectivity index (χ3n) is 7.18. The van der Waals surface area contributed by atoms with Crippen molar-refractivity contribution in [1.29, 1.82) is 0 Å². The van der Waals surface area contributed by atoms with Gasteiger partial charge in [-0.05, 0) is 61.1 Å². The number of fused-ring (bicyclic) bond motifs is 3. The fourth-order valence-electron chi connectivity index (χ4n) is 5.09. The number of rotatable bonds is 8. The summed E-state index contributed by atoms with van der Waals surface area (Å²) in [6.07, 6.45) is 0. The second kappa shape index (κ2) is 10.3. The van der Waals surface area contributed by atoms with E-state index < -0.39 is 5.91 Å². The summed E-state index contributed by atoms with van der Waals surface area (Å²) in [7, 11) is 5.91. The zero-order chi connectivity index (χ0) is 25.2. The molecule has 0 aliphatic carbocycles. The van der Waals surface area contributed by atoms with E-state index in [4.69, 9.17) is 10.5 Å². The number of amides is 1. The minimum atomic E-state index is -0.441. The van der Waals surface area contributed by atoms with Crippen LogP contribution >= 0.6 is 0 Å². The average Bonchev–Trinajstić information content (AvgIpc) is 3.25. The Labute approximate surface area is 212 Å². The summed E-state index contributed by atoms with van der Waals surface area (Å²) in [5.74, 6) is 0.332. The van der Waals surface area contributed by atoms with E-state index in [1.165, 1.54) is 5.56 Å². The molecule has 1 amide bonds. The number of H-pyrrole nitrogens is 1. The zero-order valence-electron chi connectivity index (χ0n) is 21.4. The number of nitrogens with zero attached hydrogens (tertiary/aromatic N) is 3. The van der Waals surface area contributed by atoms with Gasteiger partial charge in [-0.3, -0.25) is 14.6 Å². The van der Waals surface area contributed by atoms with Crippen molar-refractivity contribution in [3.63, 3.8) is 0 Å². The molecule has 0 spiro atoms. The quantitative estimate of drug-likeness (QED) is 0.397. The Morgan fingerprint density at radius 2 is 1.75 bits per heavy atom. The largest absolute Gasteiger partial charge is 0.497 e. The van der Waals surface area contributed by atoms with Crippen molar-refractivity contribution in [2.24, 2.45) is 5.73 Å².